The number of hydrogen-bond acceptors (Lipinski definition) is 6. The topological polar surface area (TPSA) is 99.1 Å². The van der Waals surface area contributed by atoms with Crippen LogP contribution in [0.1, 0.15) is 206 Å². The Morgan fingerprint density at radius 3 is 1.32 bits per heavy atom. The van der Waals surface area contributed by atoms with Crippen LogP contribution in [0.25, 0.3) is 0 Å². The maximum Gasteiger partial charge on any atom is 0.362 e. The van der Waals surface area contributed by atoms with Crippen LogP contribution in [0, 0.1) is 0 Å². The Morgan fingerprint density at radius 2 is 0.862 bits per heavy atom. The van der Waals surface area contributed by atoms with E-state index in [1.54, 1.807) is 0 Å². The molecule has 372 valence electrons. The number of esters is 2. The van der Waals surface area contributed by atoms with Gasteiger partial charge in [0.25, 0.3) is 0 Å². The molecule has 0 aromatic rings. The van der Waals surface area contributed by atoms with Crippen molar-refractivity contribution in [3.63, 3.8) is 0 Å². The van der Waals surface area contributed by atoms with Crippen molar-refractivity contribution in [2.75, 3.05) is 41.0 Å². The number of carbonyl (C=O) groups excluding carboxylic acids is 2. The van der Waals surface area contributed by atoms with Crippen LogP contribution in [0.2, 0.25) is 0 Å². The van der Waals surface area contributed by atoms with Crippen molar-refractivity contribution in [1.29, 1.82) is 0 Å². The van der Waals surface area contributed by atoms with Gasteiger partial charge in [0.1, 0.15) is 6.61 Å². The lowest BCUT2D eigenvalue weighted by Crippen LogP contribution is -2.50. The van der Waals surface area contributed by atoms with E-state index in [4.69, 9.17) is 14.2 Å². The molecule has 0 aliphatic rings. The predicted molar refractivity (Wildman–Crippen MR) is 275 cm³/mol. The number of allylic oxidation sites excluding steroid dienone is 14. The minimum atomic E-state index is -0.884. The lowest BCUT2D eigenvalue weighted by Gasteiger charge is -2.31. The van der Waals surface area contributed by atoms with Crippen molar-refractivity contribution < 1.29 is 38.2 Å². The Morgan fingerprint density at radius 1 is 0.477 bits per heavy atom. The fraction of sp³-hybridized carbons (Fsp3) is 0.702. The summed E-state index contributed by atoms with van der Waals surface area (Å²) < 4.78 is 17.3. The standard InChI is InChI=1S/C57H97NO7/c1-6-8-10-12-14-16-18-20-22-24-26-28-30-31-33-35-37-39-41-43-45-47-55(59)64-52-53(51-63-50-49-54(57(61)62)58(3,4)5)65-56(60)48-46-44-42-40-38-36-34-32-29-27-25-23-21-19-17-15-13-11-9-7-2/h8,10,14,16,20,22,26-29,31,33,37,39,53-54H,6-7,9,11-13,15,17-19,21,23-25,30,32,34-36,38,40-52H2,1-5H3/p+1/b10-8+,16-14+,22-20+,28-26+,29-27+,33-31+,39-37+. The molecule has 0 aliphatic carbocycles. The normalized spacial score (nSPS) is 13.6. The van der Waals surface area contributed by atoms with Crippen molar-refractivity contribution >= 4 is 17.9 Å². The second kappa shape index (κ2) is 47.0. The van der Waals surface area contributed by atoms with Crippen LogP contribution in [0.15, 0.2) is 85.1 Å². The molecule has 0 aliphatic heterocycles. The molecule has 1 N–H and O–H groups in total. The number of quaternary nitrogens is 1. The van der Waals surface area contributed by atoms with Crippen molar-refractivity contribution in [3.05, 3.63) is 85.1 Å². The van der Waals surface area contributed by atoms with E-state index in [9.17, 15) is 19.5 Å². The van der Waals surface area contributed by atoms with Crippen molar-refractivity contribution in [2.24, 2.45) is 0 Å². The number of hydrogen-bond donors (Lipinski definition) is 1. The first-order valence-electron chi connectivity index (χ1n) is 26.1. The summed E-state index contributed by atoms with van der Waals surface area (Å²) in [5.74, 6) is -1.53. The van der Waals surface area contributed by atoms with Gasteiger partial charge in [-0.05, 0) is 89.9 Å². The first-order chi connectivity index (χ1) is 31.6. The molecular formula is C57H98NO7+. The molecule has 0 bridgehead atoms. The molecule has 0 spiro atoms. The molecule has 0 rings (SSSR count). The zero-order valence-corrected chi connectivity index (χ0v) is 42.4. The van der Waals surface area contributed by atoms with Gasteiger partial charge in [0.15, 0.2) is 12.1 Å². The van der Waals surface area contributed by atoms with Gasteiger partial charge >= 0.3 is 17.9 Å². The number of rotatable bonds is 46. The van der Waals surface area contributed by atoms with E-state index in [1.165, 1.54) is 96.3 Å². The van der Waals surface area contributed by atoms with E-state index in [2.05, 4.69) is 98.9 Å². The lowest BCUT2D eigenvalue weighted by atomic mass is 10.1. The maximum absolute atomic E-state index is 12.8. The van der Waals surface area contributed by atoms with Gasteiger partial charge in [0.2, 0.25) is 0 Å². The highest BCUT2D eigenvalue weighted by Crippen LogP contribution is 2.14. The van der Waals surface area contributed by atoms with Gasteiger partial charge in [0, 0.05) is 19.3 Å². The van der Waals surface area contributed by atoms with E-state index in [0.29, 0.717) is 25.7 Å². The number of nitrogens with zero attached hydrogens (tertiary/aromatic N) is 1. The second-order valence-electron chi connectivity index (χ2n) is 18.4. The summed E-state index contributed by atoms with van der Waals surface area (Å²) >= 11 is 0. The third-order valence-electron chi connectivity index (χ3n) is 11.3. The van der Waals surface area contributed by atoms with Crippen molar-refractivity contribution in [3.8, 4) is 0 Å². The van der Waals surface area contributed by atoms with Gasteiger partial charge in [-0.2, -0.15) is 0 Å². The van der Waals surface area contributed by atoms with Crippen molar-refractivity contribution in [1.82, 2.24) is 0 Å². The number of carbonyl (C=O) groups is 3. The van der Waals surface area contributed by atoms with Gasteiger partial charge < -0.3 is 23.8 Å². The van der Waals surface area contributed by atoms with E-state index >= 15 is 0 Å². The molecule has 8 nitrogen and oxygen atoms in total. The average Bonchev–Trinajstić information content (AvgIpc) is 3.27. The highest BCUT2D eigenvalue weighted by atomic mass is 16.6. The number of ether oxygens (including phenoxy) is 3. The molecule has 0 saturated carbocycles. The number of likely N-dealkylation sites (N-methyl/N-ethyl adjacent to an activating group) is 1. The van der Waals surface area contributed by atoms with Crippen LogP contribution in [-0.2, 0) is 28.6 Å². The second-order valence-corrected chi connectivity index (χ2v) is 18.4. The molecule has 0 saturated heterocycles. The van der Waals surface area contributed by atoms with E-state index in [-0.39, 0.29) is 36.2 Å². The summed E-state index contributed by atoms with van der Waals surface area (Å²) in [4.78, 5) is 37.2. The average molecular weight is 909 g/mol. The van der Waals surface area contributed by atoms with Crippen LogP contribution in [0.4, 0.5) is 0 Å². The summed E-state index contributed by atoms with van der Waals surface area (Å²) in [6.07, 6.45) is 62.1. The predicted octanol–water partition coefficient (Wildman–Crippen LogP) is 15.3. The minimum Gasteiger partial charge on any atom is -0.477 e. The zero-order chi connectivity index (χ0) is 47.7. The van der Waals surface area contributed by atoms with Gasteiger partial charge in [-0.15, -0.1) is 0 Å². The Kier molecular flexibility index (Phi) is 44.5. The Hall–Kier alpha value is -3.49. The lowest BCUT2D eigenvalue weighted by molar-refractivity contribution is -0.887. The molecule has 0 aromatic heterocycles. The minimum absolute atomic E-state index is 0.0413. The first-order valence-corrected chi connectivity index (χ1v) is 26.1. The third-order valence-corrected chi connectivity index (χ3v) is 11.3. The summed E-state index contributed by atoms with van der Waals surface area (Å²) in [6, 6.07) is -0.627. The Bertz CT molecular complexity index is 1330. The molecule has 0 amide bonds. The molecule has 0 aromatic carbocycles. The van der Waals surface area contributed by atoms with Crippen LogP contribution >= 0.6 is 0 Å². The highest BCUT2D eigenvalue weighted by molar-refractivity contribution is 5.72. The number of carboxylic acids is 1. The van der Waals surface area contributed by atoms with E-state index < -0.39 is 18.1 Å². The summed E-state index contributed by atoms with van der Waals surface area (Å²) in [5, 5.41) is 9.66. The Labute approximate surface area is 399 Å². The number of carboxylic acid groups (broad SMARTS) is 1. The third kappa shape index (κ3) is 45.5. The molecule has 0 fully saturated rings. The summed E-state index contributed by atoms with van der Waals surface area (Å²) in [6.45, 7) is 4.58. The fourth-order valence-corrected chi connectivity index (χ4v) is 7.27. The van der Waals surface area contributed by atoms with Crippen LogP contribution < -0.4 is 0 Å². The van der Waals surface area contributed by atoms with Crippen LogP contribution in [0.5, 0.6) is 0 Å². The van der Waals surface area contributed by atoms with E-state index in [0.717, 1.165) is 70.6 Å². The molecule has 65 heavy (non-hydrogen) atoms. The van der Waals surface area contributed by atoms with Gasteiger partial charge in [-0.25, -0.2) is 4.79 Å². The highest BCUT2D eigenvalue weighted by Gasteiger charge is 2.31. The van der Waals surface area contributed by atoms with Gasteiger partial charge in [0.05, 0.1) is 34.4 Å². The SMILES string of the molecule is CC/C=C/C/C=C/C/C=C/C/C=C/C/C=C/C/C=C/CCCCC(=O)OCC(COCCC(C(=O)O)[N+](C)(C)C)OC(=O)CCCCCCCCC/C=C/CCCCCCCCCCC. The van der Waals surface area contributed by atoms with Gasteiger partial charge in [-0.3, -0.25) is 9.59 Å². The molecular weight excluding hydrogens is 811 g/mol. The fourth-order valence-electron chi connectivity index (χ4n) is 7.27. The quantitative estimate of drug-likeness (QED) is 0.0281. The van der Waals surface area contributed by atoms with Crippen LogP contribution in [0.3, 0.4) is 0 Å². The molecule has 0 heterocycles. The molecule has 8 heteroatoms. The van der Waals surface area contributed by atoms with Gasteiger partial charge in [-0.1, -0.05) is 182 Å². The monoisotopic (exact) mass is 909 g/mol. The van der Waals surface area contributed by atoms with Crippen LogP contribution in [-0.4, -0.2) is 80.6 Å². The van der Waals surface area contributed by atoms with Crippen molar-refractivity contribution in [2.45, 2.75) is 219 Å². The molecule has 2 unspecified atom stereocenters. The summed E-state index contributed by atoms with van der Waals surface area (Å²) in [7, 11) is 5.52. The molecule has 0 radical (unpaired) electrons. The molecule has 2 atom stereocenters. The maximum atomic E-state index is 12.8. The largest absolute Gasteiger partial charge is 0.477 e. The zero-order valence-electron chi connectivity index (χ0n) is 42.4. The smallest absolute Gasteiger partial charge is 0.362 e. The first kappa shape index (κ1) is 61.5. The number of aliphatic carboxylic acids is 1. The Balaban J connectivity index is 4.34. The number of unbranched alkanes of at least 4 members (excludes halogenated alkanes) is 18. The van der Waals surface area contributed by atoms with E-state index in [1.807, 2.05) is 21.1 Å². The summed E-state index contributed by atoms with van der Waals surface area (Å²) in [5.41, 5.74) is 0.